The van der Waals surface area contributed by atoms with Crippen molar-refractivity contribution in [3.05, 3.63) is 53.7 Å². The summed E-state index contributed by atoms with van der Waals surface area (Å²) in [5.41, 5.74) is 3.02. The SMILES string of the molecule is Cc1cc(N(C)c2ccccc2)ncc1[C@@H](C)O. The second-order valence-electron chi connectivity index (χ2n) is 4.47. The van der Waals surface area contributed by atoms with Crippen LogP contribution in [0, 0.1) is 6.92 Å². The molecular formula is C15H18N2O. The number of aromatic nitrogens is 1. The summed E-state index contributed by atoms with van der Waals surface area (Å²) in [6.45, 7) is 3.75. The lowest BCUT2D eigenvalue weighted by molar-refractivity contribution is 0.198. The van der Waals surface area contributed by atoms with Gasteiger partial charge in [-0.3, -0.25) is 0 Å². The number of aryl methyl sites for hydroxylation is 1. The van der Waals surface area contributed by atoms with E-state index >= 15 is 0 Å². The van der Waals surface area contributed by atoms with Crippen LogP contribution in [0.5, 0.6) is 0 Å². The summed E-state index contributed by atoms with van der Waals surface area (Å²) < 4.78 is 0. The maximum absolute atomic E-state index is 9.60. The number of pyridine rings is 1. The lowest BCUT2D eigenvalue weighted by Gasteiger charge is -2.20. The molecule has 0 fully saturated rings. The van der Waals surface area contributed by atoms with Crippen LogP contribution < -0.4 is 4.90 Å². The third-order valence-corrected chi connectivity index (χ3v) is 3.07. The average molecular weight is 242 g/mol. The Balaban J connectivity index is 2.32. The van der Waals surface area contributed by atoms with E-state index in [2.05, 4.69) is 4.98 Å². The number of nitrogens with zero attached hydrogens (tertiary/aromatic N) is 2. The van der Waals surface area contributed by atoms with E-state index < -0.39 is 6.10 Å². The fraction of sp³-hybridized carbons (Fsp3) is 0.267. The van der Waals surface area contributed by atoms with E-state index in [9.17, 15) is 5.11 Å². The zero-order valence-corrected chi connectivity index (χ0v) is 11.0. The van der Waals surface area contributed by atoms with Gasteiger partial charge >= 0.3 is 0 Å². The summed E-state index contributed by atoms with van der Waals surface area (Å²) in [7, 11) is 1.99. The first-order valence-corrected chi connectivity index (χ1v) is 6.03. The second-order valence-corrected chi connectivity index (χ2v) is 4.47. The molecule has 0 spiro atoms. The van der Waals surface area contributed by atoms with Crippen LogP contribution in [0.15, 0.2) is 42.6 Å². The number of rotatable bonds is 3. The first kappa shape index (κ1) is 12.6. The number of hydrogen-bond donors (Lipinski definition) is 1. The molecule has 2 aromatic rings. The highest BCUT2D eigenvalue weighted by Crippen LogP contribution is 2.24. The van der Waals surface area contributed by atoms with Crippen molar-refractivity contribution in [3.63, 3.8) is 0 Å². The molecule has 0 amide bonds. The first-order chi connectivity index (χ1) is 8.59. The molecule has 0 saturated carbocycles. The third-order valence-electron chi connectivity index (χ3n) is 3.07. The summed E-state index contributed by atoms with van der Waals surface area (Å²) >= 11 is 0. The predicted octanol–water partition coefficient (Wildman–Crippen LogP) is 3.21. The van der Waals surface area contributed by atoms with E-state index in [1.54, 1.807) is 13.1 Å². The predicted molar refractivity (Wildman–Crippen MR) is 74.1 cm³/mol. The highest BCUT2D eigenvalue weighted by atomic mass is 16.3. The molecule has 1 aromatic heterocycles. The van der Waals surface area contributed by atoms with Crippen LogP contribution in [0.2, 0.25) is 0 Å². The Labute approximate surface area is 108 Å². The van der Waals surface area contributed by atoms with Gasteiger partial charge in [0.15, 0.2) is 0 Å². The molecule has 0 aliphatic heterocycles. The molecule has 3 nitrogen and oxygen atoms in total. The van der Waals surface area contributed by atoms with E-state index in [0.29, 0.717) is 0 Å². The normalized spacial score (nSPS) is 12.2. The summed E-state index contributed by atoms with van der Waals surface area (Å²) in [6.07, 6.45) is 1.27. The summed E-state index contributed by atoms with van der Waals surface area (Å²) in [5.74, 6) is 0.878. The highest BCUT2D eigenvalue weighted by molar-refractivity contribution is 5.59. The molecule has 18 heavy (non-hydrogen) atoms. The van der Waals surface area contributed by atoms with Gasteiger partial charge < -0.3 is 10.0 Å². The van der Waals surface area contributed by atoms with Crippen molar-refractivity contribution in [2.75, 3.05) is 11.9 Å². The molecule has 2 rings (SSSR count). The number of aliphatic hydroxyl groups is 1. The maximum Gasteiger partial charge on any atom is 0.132 e. The standard InChI is InChI=1S/C15H18N2O/c1-11-9-15(16-10-14(11)12(2)18)17(3)13-7-5-4-6-8-13/h4-10,12,18H,1-3H3/t12-/m1/s1. The fourth-order valence-corrected chi connectivity index (χ4v) is 1.96. The van der Waals surface area contributed by atoms with Crippen LogP contribution in [0.3, 0.4) is 0 Å². The van der Waals surface area contributed by atoms with E-state index in [1.807, 2.05) is 55.3 Å². The lowest BCUT2D eigenvalue weighted by Crippen LogP contribution is -2.12. The zero-order chi connectivity index (χ0) is 13.1. The minimum absolute atomic E-state index is 0.478. The van der Waals surface area contributed by atoms with Gasteiger partial charge in [-0.25, -0.2) is 4.98 Å². The van der Waals surface area contributed by atoms with Gasteiger partial charge in [0.2, 0.25) is 0 Å². The zero-order valence-electron chi connectivity index (χ0n) is 11.0. The Bertz CT molecular complexity index is 523. The topological polar surface area (TPSA) is 36.4 Å². The summed E-state index contributed by atoms with van der Waals surface area (Å²) in [5, 5.41) is 9.60. The molecule has 1 heterocycles. The van der Waals surface area contributed by atoms with Crippen molar-refractivity contribution >= 4 is 11.5 Å². The van der Waals surface area contributed by atoms with Gasteiger partial charge in [0.05, 0.1) is 6.10 Å². The lowest BCUT2D eigenvalue weighted by atomic mass is 10.1. The Hall–Kier alpha value is -1.87. The highest BCUT2D eigenvalue weighted by Gasteiger charge is 2.09. The van der Waals surface area contributed by atoms with Gasteiger partial charge in [-0.15, -0.1) is 0 Å². The van der Waals surface area contributed by atoms with E-state index in [4.69, 9.17) is 0 Å². The van der Waals surface area contributed by atoms with Crippen molar-refractivity contribution in [2.45, 2.75) is 20.0 Å². The van der Waals surface area contributed by atoms with E-state index in [1.165, 1.54) is 0 Å². The Morgan fingerprint density at radius 1 is 1.22 bits per heavy atom. The average Bonchev–Trinajstić information content (AvgIpc) is 2.38. The fourth-order valence-electron chi connectivity index (χ4n) is 1.96. The van der Waals surface area contributed by atoms with Gasteiger partial charge in [-0.2, -0.15) is 0 Å². The third kappa shape index (κ3) is 2.51. The molecule has 0 unspecified atom stereocenters. The van der Waals surface area contributed by atoms with Gasteiger partial charge in [0.25, 0.3) is 0 Å². The molecular weight excluding hydrogens is 224 g/mol. The molecule has 0 saturated heterocycles. The van der Waals surface area contributed by atoms with Crippen LogP contribution >= 0.6 is 0 Å². The van der Waals surface area contributed by atoms with Crippen LogP contribution in [-0.4, -0.2) is 17.1 Å². The molecule has 1 atom stereocenters. The van der Waals surface area contributed by atoms with Gasteiger partial charge in [-0.05, 0) is 37.6 Å². The van der Waals surface area contributed by atoms with Crippen molar-refractivity contribution < 1.29 is 5.11 Å². The number of benzene rings is 1. The number of hydrogen-bond acceptors (Lipinski definition) is 3. The van der Waals surface area contributed by atoms with Crippen LogP contribution in [-0.2, 0) is 0 Å². The van der Waals surface area contributed by atoms with Crippen molar-refractivity contribution in [1.29, 1.82) is 0 Å². The molecule has 0 aliphatic carbocycles. The second kappa shape index (κ2) is 5.19. The van der Waals surface area contributed by atoms with Crippen molar-refractivity contribution in [1.82, 2.24) is 4.98 Å². The Morgan fingerprint density at radius 3 is 2.44 bits per heavy atom. The molecule has 0 bridgehead atoms. The minimum Gasteiger partial charge on any atom is -0.389 e. The van der Waals surface area contributed by atoms with Gasteiger partial charge in [-0.1, -0.05) is 18.2 Å². The minimum atomic E-state index is -0.478. The number of aliphatic hydroxyl groups excluding tert-OH is 1. The van der Waals surface area contributed by atoms with Crippen LogP contribution in [0.4, 0.5) is 11.5 Å². The molecule has 1 N–H and O–H groups in total. The van der Waals surface area contributed by atoms with Crippen molar-refractivity contribution in [3.8, 4) is 0 Å². The van der Waals surface area contributed by atoms with E-state index in [0.717, 1.165) is 22.6 Å². The summed E-state index contributed by atoms with van der Waals surface area (Å²) in [4.78, 5) is 6.43. The van der Waals surface area contributed by atoms with Crippen LogP contribution in [0.25, 0.3) is 0 Å². The largest absolute Gasteiger partial charge is 0.389 e. The van der Waals surface area contributed by atoms with Crippen molar-refractivity contribution in [2.24, 2.45) is 0 Å². The number of anilines is 2. The first-order valence-electron chi connectivity index (χ1n) is 6.03. The summed E-state index contributed by atoms with van der Waals surface area (Å²) in [6, 6.07) is 12.1. The molecule has 0 aliphatic rings. The quantitative estimate of drug-likeness (QED) is 0.897. The van der Waals surface area contributed by atoms with Crippen LogP contribution in [0.1, 0.15) is 24.2 Å². The van der Waals surface area contributed by atoms with Gasteiger partial charge in [0.1, 0.15) is 5.82 Å². The maximum atomic E-state index is 9.60. The smallest absolute Gasteiger partial charge is 0.132 e. The molecule has 1 aromatic carbocycles. The molecule has 0 radical (unpaired) electrons. The molecule has 94 valence electrons. The Morgan fingerprint density at radius 2 is 1.89 bits per heavy atom. The monoisotopic (exact) mass is 242 g/mol. The van der Waals surface area contributed by atoms with Gasteiger partial charge in [0, 0.05) is 24.5 Å². The van der Waals surface area contributed by atoms with E-state index in [-0.39, 0.29) is 0 Å². The Kier molecular flexibility index (Phi) is 3.63. The molecule has 3 heteroatoms. The number of para-hydroxylation sites is 1.